The van der Waals surface area contributed by atoms with E-state index in [1.165, 1.54) is 5.69 Å². The van der Waals surface area contributed by atoms with Gasteiger partial charge in [-0.05, 0) is 26.7 Å². The second-order valence-electron chi connectivity index (χ2n) is 8.04. The predicted octanol–water partition coefficient (Wildman–Crippen LogP) is 1.70. The standard InChI is InChI=1S/C21H30N6O2/c1-4-27-14-16(15(2)22-27)21(29)26-12-9-19-17(13-26)18(23-24(19)3)7-8-20(28)25-10-5-6-11-25/h14H,4-13H2,1-3H3. The molecule has 29 heavy (non-hydrogen) atoms. The number of carbonyl (C=O) groups excluding carboxylic acids is 2. The number of carbonyl (C=O) groups is 2. The molecule has 0 atom stereocenters. The lowest BCUT2D eigenvalue weighted by atomic mass is 10.0. The molecular formula is C21H30N6O2. The first-order chi connectivity index (χ1) is 14.0. The van der Waals surface area contributed by atoms with Crippen LogP contribution in [0.4, 0.5) is 0 Å². The Morgan fingerprint density at radius 3 is 2.55 bits per heavy atom. The van der Waals surface area contributed by atoms with E-state index < -0.39 is 0 Å². The Labute approximate surface area is 171 Å². The summed E-state index contributed by atoms with van der Waals surface area (Å²) in [5, 5.41) is 9.09. The average molecular weight is 399 g/mol. The van der Waals surface area contributed by atoms with E-state index in [0.29, 0.717) is 31.5 Å². The van der Waals surface area contributed by atoms with Crippen LogP contribution in [0.2, 0.25) is 0 Å². The molecule has 2 aromatic rings. The molecule has 2 aromatic heterocycles. The van der Waals surface area contributed by atoms with Crippen molar-refractivity contribution < 1.29 is 9.59 Å². The van der Waals surface area contributed by atoms with Crippen LogP contribution in [0.1, 0.15) is 59.2 Å². The summed E-state index contributed by atoms with van der Waals surface area (Å²) in [6.07, 6.45) is 5.95. The fraction of sp³-hybridized carbons (Fsp3) is 0.619. The SMILES string of the molecule is CCn1cc(C(=O)N2CCc3c(c(CCC(=O)N4CCCC4)nn3C)C2)c(C)n1. The molecule has 8 nitrogen and oxygen atoms in total. The van der Waals surface area contributed by atoms with Gasteiger partial charge in [-0.25, -0.2) is 0 Å². The Balaban J connectivity index is 1.48. The van der Waals surface area contributed by atoms with Crippen LogP contribution in [0.15, 0.2) is 6.20 Å². The first kappa shape index (κ1) is 19.7. The smallest absolute Gasteiger partial charge is 0.257 e. The largest absolute Gasteiger partial charge is 0.343 e. The molecule has 0 spiro atoms. The van der Waals surface area contributed by atoms with Crippen molar-refractivity contribution in [1.29, 1.82) is 0 Å². The summed E-state index contributed by atoms with van der Waals surface area (Å²) < 4.78 is 3.73. The molecule has 0 radical (unpaired) electrons. The minimum atomic E-state index is 0.0239. The van der Waals surface area contributed by atoms with Gasteiger partial charge in [-0.15, -0.1) is 0 Å². The van der Waals surface area contributed by atoms with Crippen molar-refractivity contribution in [2.45, 2.75) is 59.0 Å². The maximum Gasteiger partial charge on any atom is 0.257 e. The predicted molar refractivity (Wildman–Crippen MR) is 108 cm³/mol. The van der Waals surface area contributed by atoms with E-state index >= 15 is 0 Å². The second-order valence-corrected chi connectivity index (χ2v) is 8.04. The van der Waals surface area contributed by atoms with E-state index in [2.05, 4.69) is 10.2 Å². The molecule has 4 rings (SSSR count). The quantitative estimate of drug-likeness (QED) is 0.768. The van der Waals surface area contributed by atoms with E-state index in [4.69, 9.17) is 0 Å². The summed E-state index contributed by atoms with van der Waals surface area (Å²) in [6.45, 7) is 7.63. The van der Waals surface area contributed by atoms with Crippen molar-refractivity contribution >= 4 is 11.8 Å². The molecule has 1 saturated heterocycles. The van der Waals surface area contributed by atoms with Crippen LogP contribution in [0.25, 0.3) is 0 Å². The number of likely N-dealkylation sites (tertiary alicyclic amines) is 1. The highest BCUT2D eigenvalue weighted by Crippen LogP contribution is 2.25. The maximum absolute atomic E-state index is 13.1. The van der Waals surface area contributed by atoms with Gasteiger partial charge in [0.15, 0.2) is 0 Å². The van der Waals surface area contributed by atoms with Crippen molar-refractivity contribution in [3.05, 3.63) is 34.4 Å². The third-order valence-electron chi connectivity index (χ3n) is 6.15. The molecule has 0 N–H and O–H groups in total. The van der Waals surface area contributed by atoms with E-state index in [-0.39, 0.29) is 11.8 Å². The van der Waals surface area contributed by atoms with Gasteiger partial charge in [0, 0.05) is 76.5 Å². The summed E-state index contributed by atoms with van der Waals surface area (Å²) in [5.74, 6) is 0.240. The molecule has 2 aliphatic heterocycles. The zero-order valence-corrected chi connectivity index (χ0v) is 17.6. The van der Waals surface area contributed by atoms with Crippen LogP contribution in [0.5, 0.6) is 0 Å². The highest BCUT2D eigenvalue weighted by Gasteiger charge is 2.29. The number of amides is 2. The zero-order chi connectivity index (χ0) is 20.5. The first-order valence-corrected chi connectivity index (χ1v) is 10.6. The minimum absolute atomic E-state index is 0.0239. The molecule has 2 amide bonds. The van der Waals surface area contributed by atoms with Crippen LogP contribution in [0.3, 0.4) is 0 Å². The molecule has 2 aliphatic rings. The lowest BCUT2D eigenvalue weighted by Gasteiger charge is -2.27. The fourth-order valence-corrected chi connectivity index (χ4v) is 4.45. The van der Waals surface area contributed by atoms with E-state index in [1.54, 1.807) is 4.68 Å². The van der Waals surface area contributed by atoms with Crippen LogP contribution in [-0.2, 0) is 37.8 Å². The second kappa shape index (κ2) is 8.00. The van der Waals surface area contributed by atoms with Crippen molar-refractivity contribution in [1.82, 2.24) is 29.4 Å². The molecule has 0 saturated carbocycles. The average Bonchev–Trinajstić information content (AvgIpc) is 3.45. The fourth-order valence-electron chi connectivity index (χ4n) is 4.45. The molecular weight excluding hydrogens is 368 g/mol. The van der Waals surface area contributed by atoms with Gasteiger partial charge in [0.25, 0.3) is 5.91 Å². The minimum Gasteiger partial charge on any atom is -0.343 e. The summed E-state index contributed by atoms with van der Waals surface area (Å²) in [4.78, 5) is 29.4. The Bertz CT molecular complexity index is 922. The summed E-state index contributed by atoms with van der Waals surface area (Å²) in [5.41, 5.74) is 4.68. The van der Waals surface area contributed by atoms with Gasteiger partial charge >= 0.3 is 0 Å². The normalized spacial score (nSPS) is 16.4. The number of nitrogens with zero attached hydrogens (tertiary/aromatic N) is 6. The third kappa shape index (κ3) is 3.80. The lowest BCUT2D eigenvalue weighted by Crippen LogP contribution is -2.36. The lowest BCUT2D eigenvalue weighted by molar-refractivity contribution is -0.130. The van der Waals surface area contributed by atoms with Gasteiger partial charge in [0.2, 0.25) is 5.91 Å². The number of aromatic nitrogens is 4. The van der Waals surface area contributed by atoms with Crippen molar-refractivity contribution in [3.8, 4) is 0 Å². The molecule has 0 bridgehead atoms. The summed E-state index contributed by atoms with van der Waals surface area (Å²) in [7, 11) is 1.96. The van der Waals surface area contributed by atoms with Gasteiger partial charge in [-0.2, -0.15) is 10.2 Å². The molecule has 156 valence electrons. The van der Waals surface area contributed by atoms with Gasteiger partial charge in [0.05, 0.1) is 17.0 Å². The van der Waals surface area contributed by atoms with E-state index in [0.717, 1.165) is 55.8 Å². The topological polar surface area (TPSA) is 76.3 Å². The molecule has 0 aromatic carbocycles. The third-order valence-corrected chi connectivity index (χ3v) is 6.15. The van der Waals surface area contributed by atoms with Gasteiger partial charge in [-0.1, -0.05) is 0 Å². The highest BCUT2D eigenvalue weighted by molar-refractivity contribution is 5.95. The van der Waals surface area contributed by atoms with Crippen molar-refractivity contribution in [2.24, 2.45) is 7.05 Å². The highest BCUT2D eigenvalue weighted by atomic mass is 16.2. The molecule has 1 fully saturated rings. The Hall–Kier alpha value is -2.64. The number of rotatable bonds is 5. The van der Waals surface area contributed by atoms with Gasteiger partial charge in [-0.3, -0.25) is 19.0 Å². The number of hydrogen-bond donors (Lipinski definition) is 0. The Morgan fingerprint density at radius 2 is 1.86 bits per heavy atom. The van der Waals surface area contributed by atoms with Gasteiger partial charge < -0.3 is 9.80 Å². The summed E-state index contributed by atoms with van der Waals surface area (Å²) in [6, 6.07) is 0. The van der Waals surface area contributed by atoms with Crippen molar-refractivity contribution in [2.75, 3.05) is 19.6 Å². The molecule has 4 heterocycles. The van der Waals surface area contributed by atoms with Crippen LogP contribution < -0.4 is 0 Å². The van der Waals surface area contributed by atoms with E-state index in [1.807, 2.05) is 41.6 Å². The molecule has 0 unspecified atom stereocenters. The number of fused-ring (bicyclic) bond motifs is 1. The maximum atomic E-state index is 13.1. The van der Waals surface area contributed by atoms with Crippen LogP contribution >= 0.6 is 0 Å². The van der Waals surface area contributed by atoms with Crippen LogP contribution in [0, 0.1) is 6.92 Å². The molecule has 8 heteroatoms. The Morgan fingerprint density at radius 1 is 1.10 bits per heavy atom. The molecule has 0 aliphatic carbocycles. The van der Waals surface area contributed by atoms with E-state index in [9.17, 15) is 9.59 Å². The van der Waals surface area contributed by atoms with Crippen molar-refractivity contribution in [3.63, 3.8) is 0 Å². The zero-order valence-electron chi connectivity index (χ0n) is 17.6. The monoisotopic (exact) mass is 398 g/mol. The Kier molecular flexibility index (Phi) is 5.43. The first-order valence-electron chi connectivity index (χ1n) is 10.6. The van der Waals surface area contributed by atoms with Crippen LogP contribution in [-0.4, -0.2) is 60.8 Å². The van der Waals surface area contributed by atoms with Gasteiger partial charge in [0.1, 0.15) is 0 Å². The number of aryl methyl sites for hydroxylation is 4. The number of hydrogen-bond acceptors (Lipinski definition) is 4. The summed E-state index contributed by atoms with van der Waals surface area (Å²) >= 11 is 0.